The molecule has 1 aromatic rings. The van der Waals surface area contributed by atoms with Crippen molar-refractivity contribution in [1.82, 2.24) is 0 Å². The fraction of sp³-hybridized carbons (Fsp3) is 0.400. The predicted octanol–water partition coefficient (Wildman–Crippen LogP) is 2.61. The molecule has 0 fully saturated rings. The molecular weight excluding hydrogens is 136 g/mol. The van der Waals surface area contributed by atoms with Crippen LogP contribution >= 0.6 is 0 Å². The standard InChI is InChI=1S/C10H14O/c1-9(2)11-8-10-6-4-3-5-7-10/h3-7,9H,8H2,1-2H3/i1D3/t9-/m0/s1. The van der Waals surface area contributed by atoms with Gasteiger partial charge in [0.2, 0.25) is 0 Å². The first kappa shape index (κ1) is 4.94. The van der Waals surface area contributed by atoms with Gasteiger partial charge in [-0.25, -0.2) is 0 Å². The summed E-state index contributed by atoms with van der Waals surface area (Å²) >= 11 is 0. The Morgan fingerprint density at radius 2 is 2.18 bits per heavy atom. The van der Waals surface area contributed by atoms with E-state index in [1.165, 1.54) is 0 Å². The van der Waals surface area contributed by atoms with Gasteiger partial charge in [-0.15, -0.1) is 0 Å². The lowest BCUT2D eigenvalue weighted by Crippen LogP contribution is -2.01. The van der Waals surface area contributed by atoms with Crippen LogP contribution in [0.1, 0.15) is 23.5 Å². The first-order valence-electron chi connectivity index (χ1n) is 5.15. The zero-order valence-corrected chi connectivity index (χ0v) is 6.58. The monoisotopic (exact) mass is 153 g/mol. The van der Waals surface area contributed by atoms with E-state index in [1.807, 2.05) is 30.3 Å². The third kappa shape index (κ3) is 3.19. The summed E-state index contributed by atoms with van der Waals surface area (Å²) in [6.07, 6.45) is -0.720. The summed E-state index contributed by atoms with van der Waals surface area (Å²) < 4.78 is 26.6. The maximum Gasteiger partial charge on any atom is 0.0720 e. The first-order chi connectivity index (χ1) is 6.50. The smallest absolute Gasteiger partial charge is 0.0720 e. The van der Waals surface area contributed by atoms with Gasteiger partial charge in [0.05, 0.1) is 12.7 Å². The predicted molar refractivity (Wildman–Crippen MR) is 46.4 cm³/mol. The average Bonchev–Trinajstić information content (AvgIpc) is 2.14. The van der Waals surface area contributed by atoms with E-state index in [0.717, 1.165) is 5.56 Å². The van der Waals surface area contributed by atoms with Crippen molar-refractivity contribution < 1.29 is 8.85 Å². The molecule has 0 N–H and O–H groups in total. The topological polar surface area (TPSA) is 9.23 Å². The lowest BCUT2D eigenvalue weighted by atomic mass is 10.2. The van der Waals surface area contributed by atoms with E-state index < -0.39 is 13.0 Å². The van der Waals surface area contributed by atoms with Crippen LogP contribution in [0, 0.1) is 0 Å². The van der Waals surface area contributed by atoms with E-state index in [9.17, 15) is 0 Å². The van der Waals surface area contributed by atoms with Gasteiger partial charge in [-0.2, -0.15) is 0 Å². The Morgan fingerprint density at radius 1 is 1.45 bits per heavy atom. The number of benzene rings is 1. The maximum atomic E-state index is 7.11. The van der Waals surface area contributed by atoms with Crippen molar-refractivity contribution in [2.75, 3.05) is 0 Å². The van der Waals surface area contributed by atoms with Crippen LogP contribution in [0.3, 0.4) is 0 Å². The van der Waals surface area contributed by atoms with Gasteiger partial charge < -0.3 is 4.74 Å². The van der Waals surface area contributed by atoms with Gasteiger partial charge in [-0.3, -0.25) is 0 Å². The van der Waals surface area contributed by atoms with E-state index in [-0.39, 0.29) is 0 Å². The van der Waals surface area contributed by atoms with Gasteiger partial charge in [0.1, 0.15) is 0 Å². The molecule has 0 aliphatic rings. The van der Waals surface area contributed by atoms with Crippen LogP contribution in [0.15, 0.2) is 30.3 Å². The molecular formula is C10H14O. The zero-order chi connectivity index (χ0) is 10.6. The zero-order valence-electron chi connectivity index (χ0n) is 9.58. The van der Waals surface area contributed by atoms with Crippen LogP contribution in [-0.2, 0) is 11.3 Å². The number of hydrogen-bond acceptors (Lipinski definition) is 1. The molecule has 60 valence electrons. The Labute approximate surface area is 72.2 Å². The summed E-state index contributed by atoms with van der Waals surface area (Å²) in [4.78, 5) is 0. The Kier molecular flexibility index (Phi) is 1.86. The second kappa shape index (κ2) is 4.14. The third-order valence-corrected chi connectivity index (χ3v) is 1.34. The summed E-state index contributed by atoms with van der Waals surface area (Å²) in [5.41, 5.74) is 0.989. The SMILES string of the molecule is [2H]C([2H])([2H])[C@@H](C)OCc1ccccc1. The van der Waals surface area contributed by atoms with Crippen molar-refractivity contribution >= 4 is 0 Å². The van der Waals surface area contributed by atoms with E-state index in [1.54, 1.807) is 6.92 Å². The van der Waals surface area contributed by atoms with Crippen molar-refractivity contribution in [3.05, 3.63) is 35.9 Å². The van der Waals surface area contributed by atoms with Gasteiger partial charge in [0.15, 0.2) is 0 Å². The molecule has 1 rings (SSSR count). The van der Waals surface area contributed by atoms with Crippen LogP contribution in [0.25, 0.3) is 0 Å². The minimum absolute atomic E-state index is 0.348. The molecule has 0 aliphatic carbocycles. The summed E-state index contributed by atoms with van der Waals surface area (Å²) in [6, 6.07) is 9.53. The maximum absolute atomic E-state index is 7.11. The van der Waals surface area contributed by atoms with Gasteiger partial charge in [-0.1, -0.05) is 30.3 Å². The highest BCUT2D eigenvalue weighted by Gasteiger charge is 1.93. The third-order valence-electron chi connectivity index (χ3n) is 1.34. The van der Waals surface area contributed by atoms with Crippen LogP contribution in [0.2, 0.25) is 0 Å². The van der Waals surface area contributed by atoms with E-state index >= 15 is 0 Å². The number of rotatable bonds is 3. The fourth-order valence-electron chi connectivity index (χ4n) is 0.795. The quantitative estimate of drug-likeness (QED) is 0.648. The summed E-state index contributed by atoms with van der Waals surface area (Å²) in [7, 11) is 0. The Bertz CT molecular complexity index is 268. The van der Waals surface area contributed by atoms with Crippen molar-refractivity contribution in [2.45, 2.75) is 26.5 Å². The molecule has 0 unspecified atom stereocenters. The Hall–Kier alpha value is -0.820. The van der Waals surface area contributed by atoms with E-state index in [4.69, 9.17) is 8.85 Å². The molecule has 1 aromatic carbocycles. The molecule has 0 bridgehead atoms. The molecule has 1 heteroatoms. The number of hydrogen-bond donors (Lipinski definition) is 0. The molecule has 0 aromatic heterocycles. The van der Waals surface area contributed by atoms with Gasteiger partial charge >= 0.3 is 0 Å². The largest absolute Gasteiger partial charge is 0.374 e. The van der Waals surface area contributed by atoms with Crippen molar-refractivity contribution in [2.24, 2.45) is 0 Å². The first-order valence-corrected chi connectivity index (χ1v) is 3.65. The lowest BCUT2D eigenvalue weighted by molar-refractivity contribution is 0.0657. The van der Waals surface area contributed by atoms with Crippen LogP contribution < -0.4 is 0 Å². The second-order valence-electron chi connectivity index (χ2n) is 2.44. The molecule has 1 atom stereocenters. The molecule has 1 nitrogen and oxygen atoms in total. The fourth-order valence-corrected chi connectivity index (χ4v) is 0.795. The molecule has 0 heterocycles. The second-order valence-corrected chi connectivity index (χ2v) is 2.44. The van der Waals surface area contributed by atoms with Gasteiger partial charge in [0, 0.05) is 4.11 Å². The lowest BCUT2D eigenvalue weighted by Gasteiger charge is -2.06. The van der Waals surface area contributed by atoms with E-state index in [2.05, 4.69) is 0 Å². The normalized spacial score (nSPS) is 18.1. The minimum atomic E-state index is -2.03. The van der Waals surface area contributed by atoms with Crippen LogP contribution in [0.4, 0.5) is 0 Å². The van der Waals surface area contributed by atoms with Crippen LogP contribution in [0.5, 0.6) is 0 Å². The molecule has 0 spiro atoms. The molecule has 0 amide bonds. The highest BCUT2D eigenvalue weighted by Crippen LogP contribution is 2.02. The van der Waals surface area contributed by atoms with Gasteiger partial charge in [-0.05, 0) is 19.3 Å². The Morgan fingerprint density at radius 3 is 2.82 bits per heavy atom. The van der Waals surface area contributed by atoms with Gasteiger partial charge in [0.25, 0.3) is 0 Å². The van der Waals surface area contributed by atoms with E-state index in [0.29, 0.717) is 6.61 Å². The average molecular weight is 153 g/mol. The summed E-state index contributed by atoms with van der Waals surface area (Å²) in [5.74, 6) is 0. The van der Waals surface area contributed by atoms with Crippen molar-refractivity contribution in [1.29, 1.82) is 0 Å². The molecule has 0 saturated carbocycles. The highest BCUT2D eigenvalue weighted by molar-refractivity contribution is 5.13. The Balaban J connectivity index is 2.42. The molecule has 0 aliphatic heterocycles. The van der Waals surface area contributed by atoms with Crippen molar-refractivity contribution in [3.63, 3.8) is 0 Å². The number of ether oxygens (including phenoxy) is 1. The molecule has 0 saturated heterocycles. The molecule has 11 heavy (non-hydrogen) atoms. The minimum Gasteiger partial charge on any atom is -0.374 e. The molecule has 0 radical (unpaired) electrons. The summed E-state index contributed by atoms with van der Waals surface area (Å²) in [5, 5.41) is 0. The highest BCUT2D eigenvalue weighted by atomic mass is 16.5. The van der Waals surface area contributed by atoms with Crippen molar-refractivity contribution in [3.8, 4) is 0 Å². The summed E-state index contributed by atoms with van der Waals surface area (Å²) in [6.45, 7) is -0.120. The van der Waals surface area contributed by atoms with Crippen LogP contribution in [-0.4, -0.2) is 6.10 Å².